The van der Waals surface area contributed by atoms with Crippen LogP contribution >= 0.6 is 0 Å². The van der Waals surface area contributed by atoms with Crippen LogP contribution in [0, 0.1) is 5.41 Å². The summed E-state index contributed by atoms with van der Waals surface area (Å²) in [5.41, 5.74) is 0.130. The lowest BCUT2D eigenvalue weighted by Crippen LogP contribution is -2.40. The van der Waals surface area contributed by atoms with Gasteiger partial charge in [0, 0.05) is 5.41 Å². The smallest absolute Gasteiger partial charge is 0.264 e. The molecule has 0 aromatic carbocycles. The van der Waals surface area contributed by atoms with Gasteiger partial charge in [0.2, 0.25) is 0 Å². The van der Waals surface area contributed by atoms with Gasteiger partial charge >= 0.3 is 0 Å². The maximum absolute atomic E-state index is 10.6. The third kappa shape index (κ3) is 3.08. The lowest BCUT2D eigenvalue weighted by Gasteiger charge is -2.37. The van der Waals surface area contributed by atoms with Crippen molar-refractivity contribution in [3.05, 3.63) is 0 Å². The highest BCUT2D eigenvalue weighted by atomic mass is 32.2. The van der Waals surface area contributed by atoms with Crippen molar-refractivity contribution in [2.24, 2.45) is 5.41 Å². The Balaban J connectivity index is 2.18. The normalized spacial score (nSPS) is 21.8. The molecule has 0 atom stereocenters. The van der Waals surface area contributed by atoms with Gasteiger partial charge in [-0.25, -0.2) is 0 Å². The molecule has 1 aliphatic heterocycles. The van der Waals surface area contributed by atoms with Crippen molar-refractivity contribution < 1.29 is 17.3 Å². The second-order valence-electron chi connectivity index (χ2n) is 3.58. The first-order chi connectivity index (χ1) is 5.41. The summed E-state index contributed by atoms with van der Waals surface area (Å²) < 4.78 is 30.8. The molecule has 1 rings (SSSR count). The standard InChI is InChI=1S/C7H14O4S/c1-7(5-10-6-7)3-4-11-12(2,8)9/h3-6H2,1-2H3. The van der Waals surface area contributed by atoms with Gasteiger partial charge < -0.3 is 4.74 Å². The molecule has 1 saturated heterocycles. The highest BCUT2D eigenvalue weighted by Gasteiger charge is 2.33. The van der Waals surface area contributed by atoms with Crippen LogP contribution in [0.25, 0.3) is 0 Å². The van der Waals surface area contributed by atoms with Crippen molar-refractivity contribution >= 4 is 10.1 Å². The number of rotatable bonds is 4. The van der Waals surface area contributed by atoms with Crippen LogP contribution in [0.15, 0.2) is 0 Å². The van der Waals surface area contributed by atoms with E-state index in [2.05, 4.69) is 11.1 Å². The van der Waals surface area contributed by atoms with Gasteiger partial charge in [0.15, 0.2) is 0 Å². The van der Waals surface area contributed by atoms with Crippen molar-refractivity contribution in [1.29, 1.82) is 0 Å². The van der Waals surface area contributed by atoms with Crippen LogP contribution in [0.5, 0.6) is 0 Å². The fraction of sp³-hybridized carbons (Fsp3) is 1.00. The van der Waals surface area contributed by atoms with E-state index < -0.39 is 10.1 Å². The van der Waals surface area contributed by atoms with E-state index in [-0.39, 0.29) is 12.0 Å². The molecule has 12 heavy (non-hydrogen) atoms. The highest BCUT2D eigenvalue weighted by Crippen LogP contribution is 2.30. The largest absolute Gasteiger partial charge is 0.380 e. The van der Waals surface area contributed by atoms with E-state index in [1.54, 1.807) is 0 Å². The summed E-state index contributed by atoms with van der Waals surface area (Å²) in [6.45, 7) is 3.74. The second-order valence-corrected chi connectivity index (χ2v) is 5.22. The van der Waals surface area contributed by atoms with E-state index in [9.17, 15) is 8.42 Å². The molecule has 0 aliphatic carbocycles. The molecular weight excluding hydrogens is 180 g/mol. The molecule has 72 valence electrons. The van der Waals surface area contributed by atoms with Gasteiger partial charge in [-0.1, -0.05) is 6.92 Å². The Morgan fingerprint density at radius 3 is 2.42 bits per heavy atom. The van der Waals surface area contributed by atoms with E-state index in [0.717, 1.165) is 12.7 Å². The van der Waals surface area contributed by atoms with Crippen molar-refractivity contribution in [1.82, 2.24) is 0 Å². The van der Waals surface area contributed by atoms with Crippen LogP contribution in [0.3, 0.4) is 0 Å². The third-order valence-electron chi connectivity index (χ3n) is 1.90. The van der Waals surface area contributed by atoms with Gasteiger partial charge in [-0.15, -0.1) is 0 Å². The van der Waals surface area contributed by atoms with Crippen molar-refractivity contribution in [2.75, 3.05) is 26.1 Å². The van der Waals surface area contributed by atoms with Crippen LogP contribution in [0.1, 0.15) is 13.3 Å². The third-order valence-corrected chi connectivity index (χ3v) is 2.50. The first-order valence-electron chi connectivity index (χ1n) is 3.83. The van der Waals surface area contributed by atoms with Gasteiger partial charge in [-0.05, 0) is 6.42 Å². The number of hydrogen-bond donors (Lipinski definition) is 0. The SMILES string of the molecule is CC1(CCOS(C)(=O)=O)COC1. The van der Waals surface area contributed by atoms with E-state index in [1.807, 2.05) is 0 Å². The minimum absolute atomic E-state index is 0.130. The molecule has 0 aromatic rings. The predicted molar refractivity (Wildman–Crippen MR) is 44.3 cm³/mol. The van der Waals surface area contributed by atoms with Crippen molar-refractivity contribution in [2.45, 2.75) is 13.3 Å². The molecule has 0 bridgehead atoms. The lowest BCUT2D eigenvalue weighted by atomic mass is 9.85. The molecule has 0 N–H and O–H groups in total. The van der Waals surface area contributed by atoms with E-state index in [4.69, 9.17) is 4.74 Å². The molecule has 0 saturated carbocycles. The van der Waals surface area contributed by atoms with Gasteiger partial charge in [0.1, 0.15) is 0 Å². The summed E-state index contributed by atoms with van der Waals surface area (Å²) in [5.74, 6) is 0. The number of hydrogen-bond acceptors (Lipinski definition) is 4. The molecule has 1 fully saturated rings. The fourth-order valence-corrected chi connectivity index (χ4v) is 1.42. The molecule has 0 radical (unpaired) electrons. The average Bonchev–Trinajstić information content (AvgIpc) is 1.81. The first kappa shape index (κ1) is 9.95. The van der Waals surface area contributed by atoms with Gasteiger partial charge in [-0.2, -0.15) is 8.42 Å². The Morgan fingerprint density at radius 2 is 2.08 bits per heavy atom. The Morgan fingerprint density at radius 1 is 1.50 bits per heavy atom. The Labute approximate surface area is 73.0 Å². The zero-order valence-corrected chi connectivity index (χ0v) is 8.19. The van der Waals surface area contributed by atoms with Gasteiger partial charge in [0.25, 0.3) is 10.1 Å². The summed E-state index contributed by atoms with van der Waals surface area (Å²) in [5, 5.41) is 0. The van der Waals surface area contributed by atoms with Gasteiger partial charge in [0.05, 0.1) is 26.1 Å². The summed E-state index contributed by atoms with van der Waals surface area (Å²) >= 11 is 0. The summed E-state index contributed by atoms with van der Waals surface area (Å²) in [6, 6.07) is 0. The van der Waals surface area contributed by atoms with E-state index in [0.29, 0.717) is 13.2 Å². The molecule has 1 aliphatic rings. The monoisotopic (exact) mass is 194 g/mol. The lowest BCUT2D eigenvalue weighted by molar-refractivity contribution is -0.109. The maximum Gasteiger partial charge on any atom is 0.264 e. The highest BCUT2D eigenvalue weighted by molar-refractivity contribution is 7.85. The van der Waals surface area contributed by atoms with E-state index >= 15 is 0 Å². The Kier molecular flexibility index (Phi) is 2.75. The van der Waals surface area contributed by atoms with Crippen LogP contribution in [-0.2, 0) is 19.0 Å². The summed E-state index contributed by atoms with van der Waals surface area (Å²) in [7, 11) is -3.27. The van der Waals surface area contributed by atoms with Crippen LogP contribution in [-0.4, -0.2) is 34.5 Å². The van der Waals surface area contributed by atoms with Crippen LogP contribution in [0.4, 0.5) is 0 Å². The van der Waals surface area contributed by atoms with Crippen LogP contribution in [0.2, 0.25) is 0 Å². The molecule has 0 spiro atoms. The zero-order chi connectivity index (χ0) is 9.24. The zero-order valence-electron chi connectivity index (χ0n) is 7.37. The topological polar surface area (TPSA) is 52.6 Å². The van der Waals surface area contributed by atoms with E-state index in [1.165, 1.54) is 0 Å². The summed E-state index contributed by atoms with van der Waals surface area (Å²) in [4.78, 5) is 0. The van der Waals surface area contributed by atoms with Crippen LogP contribution < -0.4 is 0 Å². The Hall–Kier alpha value is -0.130. The second kappa shape index (κ2) is 3.32. The quantitative estimate of drug-likeness (QED) is 0.607. The molecule has 0 amide bonds. The molecule has 0 unspecified atom stereocenters. The summed E-state index contributed by atoms with van der Waals surface area (Å²) in [6.07, 6.45) is 1.80. The fourth-order valence-electron chi connectivity index (χ4n) is 1.03. The first-order valence-corrected chi connectivity index (χ1v) is 5.65. The number of ether oxygens (including phenoxy) is 1. The average molecular weight is 194 g/mol. The predicted octanol–water partition coefficient (Wildman–Crippen LogP) is 0.389. The van der Waals surface area contributed by atoms with Gasteiger partial charge in [-0.3, -0.25) is 4.18 Å². The van der Waals surface area contributed by atoms with Crippen molar-refractivity contribution in [3.8, 4) is 0 Å². The van der Waals surface area contributed by atoms with Crippen molar-refractivity contribution in [3.63, 3.8) is 0 Å². The molecule has 0 aromatic heterocycles. The minimum Gasteiger partial charge on any atom is -0.380 e. The molecule has 5 heteroatoms. The molecule has 1 heterocycles. The Bertz CT molecular complexity index is 240. The minimum atomic E-state index is -3.27. The molecular formula is C7H14O4S. The maximum atomic E-state index is 10.6. The molecule has 4 nitrogen and oxygen atoms in total.